The van der Waals surface area contributed by atoms with E-state index in [1.54, 1.807) is 22.3 Å². The SMILES string of the molecule is CC1=Cc2c(cccc2C(C)(C)C)C1[Si](C)(C)C1C(C)=Cc2c1cccc2C(C)(C)C. The standard InChI is InChI=1S/C30H40Si/c1-19-17-23-21(13-11-15-25(23)29(3,4)5)27(19)31(9,10)28-20(2)18-24-22(28)14-12-16-26(24)30(6,7)8/h11-18,27-28H,1-10H3. The molecular formula is C30H40Si. The second kappa shape index (κ2) is 7.07. The van der Waals surface area contributed by atoms with E-state index in [1.807, 2.05) is 0 Å². The van der Waals surface area contributed by atoms with E-state index < -0.39 is 8.07 Å². The van der Waals surface area contributed by atoms with Crippen molar-refractivity contribution in [1.29, 1.82) is 0 Å². The monoisotopic (exact) mass is 428 g/mol. The Balaban J connectivity index is 1.85. The van der Waals surface area contributed by atoms with Gasteiger partial charge in [0.15, 0.2) is 0 Å². The van der Waals surface area contributed by atoms with Gasteiger partial charge in [0.1, 0.15) is 0 Å². The molecule has 0 nitrogen and oxygen atoms in total. The Morgan fingerprint density at radius 3 is 1.29 bits per heavy atom. The molecule has 2 aromatic carbocycles. The lowest BCUT2D eigenvalue weighted by Crippen LogP contribution is -2.42. The molecule has 2 aliphatic rings. The van der Waals surface area contributed by atoms with Crippen LogP contribution in [0.15, 0.2) is 47.5 Å². The van der Waals surface area contributed by atoms with Crippen LogP contribution in [-0.4, -0.2) is 8.07 Å². The summed E-state index contributed by atoms with van der Waals surface area (Å²) in [5.41, 5.74) is 13.8. The predicted molar refractivity (Wildman–Crippen MR) is 141 cm³/mol. The summed E-state index contributed by atoms with van der Waals surface area (Å²) >= 11 is 0. The molecule has 4 rings (SSSR count). The molecule has 0 amide bonds. The summed E-state index contributed by atoms with van der Waals surface area (Å²) in [4.78, 5) is 0. The molecule has 2 aliphatic carbocycles. The molecule has 0 spiro atoms. The van der Waals surface area contributed by atoms with Crippen LogP contribution in [0.25, 0.3) is 12.2 Å². The van der Waals surface area contributed by atoms with E-state index in [-0.39, 0.29) is 10.8 Å². The Bertz CT molecular complexity index is 1010. The van der Waals surface area contributed by atoms with Crippen LogP contribution in [0.2, 0.25) is 13.1 Å². The summed E-state index contributed by atoms with van der Waals surface area (Å²) in [6, 6.07) is 14.1. The Kier molecular flexibility index (Phi) is 5.09. The van der Waals surface area contributed by atoms with E-state index in [0.29, 0.717) is 11.1 Å². The van der Waals surface area contributed by atoms with Gasteiger partial charge >= 0.3 is 0 Å². The predicted octanol–water partition coefficient (Wildman–Crippen LogP) is 8.77. The third-order valence-corrected chi connectivity index (χ3v) is 12.2. The lowest BCUT2D eigenvalue weighted by Gasteiger charge is -2.39. The highest BCUT2D eigenvalue weighted by Gasteiger charge is 2.47. The van der Waals surface area contributed by atoms with Crippen LogP contribution in [0.5, 0.6) is 0 Å². The van der Waals surface area contributed by atoms with E-state index in [0.717, 1.165) is 0 Å². The van der Waals surface area contributed by atoms with Crippen molar-refractivity contribution in [2.45, 2.75) is 90.4 Å². The molecule has 0 fully saturated rings. The highest BCUT2D eigenvalue weighted by atomic mass is 28.3. The van der Waals surface area contributed by atoms with Crippen molar-refractivity contribution in [2.24, 2.45) is 0 Å². The molecule has 1 heteroatoms. The van der Waals surface area contributed by atoms with Crippen molar-refractivity contribution in [3.63, 3.8) is 0 Å². The number of allylic oxidation sites excluding steroid dienone is 2. The fraction of sp³-hybridized carbons (Fsp3) is 0.467. The largest absolute Gasteiger partial charge is 0.0722 e. The van der Waals surface area contributed by atoms with Crippen molar-refractivity contribution >= 4 is 20.2 Å². The zero-order valence-electron chi connectivity index (χ0n) is 21.3. The highest BCUT2D eigenvalue weighted by molar-refractivity contribution is 6.81. The minimum Gasteiger partial charge on any atom is -0.0679 e. The van der Waals surface area contributed by atoms with Gasteiger partial charge in [-0.3, -0.25) is 0 Å². The summed E-state index contributed by atoms with van der Waals surface area (Å²) in [7, 11) is -1.77. The Morgan fingerprint density at radius 2 is 0.968 bits per heavy atom. The van der Waals surface area contributed by atoms with Gasteiger partial charge in [0.25, 0.3) is 0 Å². The van der Waals surface area contributed by atoms with E-state index in [9.17, 15) is 0 Å². The van der Waals surface area contributed by atoms with Gasteiger partial charge in [-0.05, 0) is 58.1 Å². The molecule has 164 valence electrons. The summed E-state index contributed by atoms with van der Waals surface area (Å²) < 4.78 is 0. The summed E-state index contributed by atoms with van der Waals surface area (Å²) in [6.07, 6.45) is 5.02. The summed E-state index contributed by atoms with van der Waals surface area (Å²) in [5.74, 6) is 0. The van der Waals surface area contributed by atoms with E-state index in [2.05, 4.69) is 117 Å². The van der Waals surface area contributed by atoms with Crippen LogP contribution in [0.3, 0.4) is 0 Å². The van der Waals surface area contributed by atoms with Gasteiger partial charge in [-0.15, -0.1) is 0 Å². The first-order valence-corrected chi connectivity index (χ1v) is 15.0. The van der Waals surface area contributed by atoms with Gasteiger partial charge in [0.2, 0.25) is 0 Å². The maximum Gasteiger partial charge on any atom is 0.0722 e. The van der Waals surface area contributed by atoms with Crippen LogP contribution in [0.4, 0.5) is 0 Å². The zero-order valence-corrected chi connectivity index (χ0v) is 22.3. The third kappa shape index (κ3) is 3.50. The smallest absolute Gasteiger partial charge is 0.0679 e. The quantitative estimate of drug-likeness (QED) is 0.419. The van der Waals surface area contributed by atoms with Crippen molar-refractivity contribution in [3.8, 4) is 0 Å². The molecule has 31 heavy (non-hydrogen) atoms. The molecule has 2 unspecified atom stereocenters. The second-order valence-corrected chi connectivity index (χ2v) is 17.4. The zero-order chi connectivity index (χ0) is 22.9. The molecular weight excluding hydrogens is 388 g/mol. The molecule has 0 heterocycles. The normalized spacial score (nSPS) is 21.0. The molecule has 0 bridgehead atoms. The number of rotatable bonds is 2. The number of benzene rings is 2. The molecule has 0 aliphatic heterocycles. The first-order valence-electron chi connectivity index (χ1n) is 11.9. The highest BCUT2D eigenvalue weighted by Crippen LogP contribution is 2.54. The average molecular weight is 429 g/mol. The average Bonchev–Trinajstić information content (AvgIpc) is 3.14. The second-order valence-electron chi connectivity index (χ2n) is 12.6. The maximum absolute atomic E-state index is 2.63. The van der Waals surface area contributed by atoms with Gasteiger partial charge in [-0.2, -0.15) is 0 Å². The number of hydrogen-bond acceptors (Lipinski definition) is 0. The van der Waals surface area contributed by atoms with Crippen LogP contribution < -0.4 is 0 Å². The summed E-state index contributed by atoms with van der Waals surface area (Å²) in [5, 5.41) is 0. The third-order valence-electron chi connectivity index (χ3n) is 7.66. The van der Waals surface area contributed by atoms with Crippen LogP contribution in [0.1, 0.15) is 99.9 Å². The summed E-state index contributed by atoms with van der Waals surface area (Å²) in [6.45, 7) is 24.1. The van der Waals surface area contributed by atoms with Gasteiger partial charge in [0.05, 0.1) is 8.07 Å². The first-order chi connectivity index (χ1) is 14.2. The van der Waals surface area contributed by atoms with Crippen molar-refractivity contribution in [3.05, 3.63) is 80.9 Å². The molecule has 2 atom stereocenters. The van der Waals surface area contributed by atoms with E-state index in [1.165, 1.54) is 22.3 Å². The fourth-order valence-electron chi connectivity index (χ4n) is 6.55. The lowest BCUT2D eigenvalue weighted by atomic mass is 9.83. The molecule has 0 saturated carbocycles. The lowest BCUT2D eigenvalue weighted by molar-refractivity contribution is 0.588. The van der Waals surface area contributed by atoms with Gasteiger partial charge in [-0.25, -0.2) is 0 Å². The van der Waals surface area contributed by atoms with Crippen LogP contribution in [0, 0.1) is 0 Å². The minimum absolute atomic E-state index is 0.167. The van der Waals surface area contributed by atoms with Crippen molar-refractivity contribution in [2.75, 3.05) is 0 Å². The number of hydrogen-bond donors (Lipinski definition) is 0. The minimum atomic E-state index is -1.77. The molecule has 0 aromatic heterocycles. The van der Waals surface area contributed by atoms with Crippen molar-refractivity contribution in [1.82, 2.24) is 0 Å². The Morgan fingerprint density at radius 1 is 0.613 bits per heavy atom. The fourth-order valence-corrected chi connectivity index (χ4v) is 11.5. The molecule has 0 saturated heterocycles. The van der Waals surface area contributed by atoms with Crippen LogP contribution >= 0.6 is 0 Å². The van der Waals surface area contributed by atoms with Crippen LogP contribution in [-0.2, 0) is 10.8 Å². The van der Waals surface area contributed by atoms with E-state index >= 15 is 0 Å². The number of fused-ring (bicyclic) bond motifs is 2. The Hall–Kier alpha value is -1.86. The molecule has 0 radical (unpaired) electrons. The topological polar surface area (TPSA) is 0 Å². The van der Waals surface area contributed by atoms with Gasteiger partial charge in [0, 0.05) is 11.1 Å². The molecule has 0 N–H and O–H groups in total. The van der Waals surface area contributed by atoms with Crippen molar-refractivity contribution < 1.29 is 0 Å². The van der Waals surface area contributed by atoms with Gasteiger partial charge < -0.3 is 0 Å². The Labute approximate surface area is 191 Å². The van der Waals surface area contributed by atoms with E-state index in [4.69, 9.17) is 0 Å². The first kappa shape index (κ1) is 22.3. The maximum atomic E-state index is 2.63. The van der Waals surface area contributed by atoms with Gasteiger partial charge in [-0.1, -0.05) is 114 Å². The molecule has 2 aromatic rings.